The van der Waals surface area contributed by atoms with Gasteiger partial charge in [-0.3, -0.25) is 0 Å². The number of nitrogens with zero attached hydrogens (tertiary/aromatic N) is 2. The van der Waals surface area contributed by atoms with E-state index in [1.165, 1.54) is 0 Å². The van der Waals surface area contributed by atoms with Gasteiger partial charge in [0, 0.05) is 0 Å². The van der Waals surface area contributed by atoms with Crippen LogP contribution < -0.4 is 5.43 Å². The summed E-state index contributed by atoms with van der Waals surface area (Å²) in [7, 11) is 0. The summed E-state index contributed by atoms with van der Waals surface area (Å²) < 4.78 is 0. The molecule has 5 heteroatoms. The van der Waals surface area contributed by atoms with Crippen LogP contribution in [0.2, 0.25) is 0 Å². The maximum Gasteiger partial charge on any atom is 0.363 e. The van der Waals surface area contributed by atoms with Gasteiger partial charge >= 0.3 is 5.84 Å². The monoisotopic (exact) mass is 283 g/mol. The molecular formula is C16H17N3O2. The molecule has 0 amide bonds. The summed E-state index contributed by atoms with van der Waals surface area (Å²) in [4.78, 5) is 10.3. The first kappa shape index (κ1) is 14.7. The Morgan fingerprint density at radius 3 is 2.52 bits per heavy atom. The van der Waals surface area contributed by atoms with Crippen LogP contribution in [0.15, 0.2) is 53.6 Å². The van der Waals surface area contributed by atoms with E-state index in [0.29, 0.717) is 0 Å². The largest absolute Gasteiger partial charge is 0.363 e. The van der Waals surface area contributed by atoms with E-state index in [4.69, 9.17) is 0 Å². The average molecular weight is 283 g/mol. The van der Waals surface area contributed by atoms with Crippen LogP contribution in [0, 0.1) is 17.0 Å². The number of amidine groups is 1. The molecule has 108 valence electrons. The summed E-state index contributed by atoms with van der Waals surface area (Å²) in [5, 5.41) is 14.6. The number of hydrogen-bond acceptors (Lipinski definition) is 4. The second-order valence-corrected chi connectivity index (χ2v) is 4.65. The second-order valence-electron chi connectivity index (χ2n) is 4.65. The lowest BCUT2D eigenvalue weighted by Crippen LogP contribution is -2.12. The molecule has 0 atom stereocenters. The quantitative estimate of drug-likeness (QED) is 0.398. The molecule has 0 fully saturated rings. The van der Waals surface area contributed by atoms with Crippen molar-refractivity contribution in [1.82, 2.24) is 0 Å². The third-order valence-corrected chi connectivity index (χ3v) is 3.18. The maximum absolute atomic E-state index is 10.8. The lowest BCUT2D eigenvalue weighted by atomic mass is 10.0. The number of nitrogens with one attached hydrogen (secondary N) is 1. The smallest absolute Gasteiger partial charge is 0.358 e. The summed E-state index contributed by atoms with van der Waals surface area (Å²) in [6.45, 7) is 3.64. The highest BCUT2D eigenvalue weighted by molar-refractivity contribution is 5.75. The Morgan fingerprint density at radius 2 is 1.90 bits per heavy atom. The van der Waals surface area contributed by atoms with Gasteiger partial charge in [-0.05, 0) is 34.6 Å². The molecule has 0 heterocycles. The Kier molecular flexibility index (Phi) is 4.66. The number of hydrazone groups is 1. The third kappa shape index (κ3) is 3.66. The van der Waals surface area contributed by atoms with Crippen molar-refractivity contribution < 1.29 is 4.92 Å². The van der Waals surface area contributed by atoms with Crippen molar-refractivity contribution in [2.24, 2.45) is 5.10 Å². The van der Waals surface area contributed by atoms with Crippen molar-refractivity contribution >= 4 is 11.5 Å². The molecule has 0 unspecified atom stereocenters. The standard InChI is InChI=1S/C16H17N3O2/c1-3-16(19(20)21)18-17-15-11-14(10-9-12(15)2)13-7-5-4-6-8-13/h4-11,17H,3H2,1-2H3/b18-16-. The fraction of sp³-hybridized carbons (Fsp3) is 0.188. The first-order valence-electron chi connectivity index (χ1n) is 6.75. The van der Waals surface area contributed by atoms with Crippen molar-refractivity contribution in [3.8, 4) is 11.1 Å². The van der Waals surface area contributed by atoms with Crippen molar-refractivity contribution in [2.75, 3.05) is 5.43 Å². The molecule has 0 aliphatic carbocycles. The van der Waals surface area contributed by atoms with Gasteiger partial charge in [0.05, 0.1) is 17.2 Å². The zero-order valence-corrected chi connectivity index (χ0v) is 12.0. The van der Waals surface area contributed by atoms with Crippen LogP contribution in [-0.2, 0) is 0 Å². The number of benzene rings is 2. The molecule has 0 saturated heterocycles. The molecule has 0 saturated carbocycles. The summed E-state index contributed by atoms with van der Waals surface area (Å²) >= 11 is 0. The van der Waals surface area contributed by atoms with E-state index in [1.807, 2.05) is 55.5 Å². The minimum Gasteiger partial charge on any atom is -0.358 e. The molecule has 0 aliphatic heterocycles. The fourth-order valence-electron chi connectivity index (χ4n) is 1.93. The second kappa shape index (κ2) is 6.65. The predicted molar refractivity (Wildman–Crippen MR) is 85.0 cm³/mol. The van der Waals surface area contributed by atoms with E-state index in [1.54, 1.807) is 6.92 Å². The van der Waals surface area contributed by atoms with E-state index in [2.05, 4.69) is 10.5 Å². The van der Waals surface area contributed by atoms with Crippen LogP contribution in [0.5, 0.6) is 0 Å². The summed E-state index contributed by atoms with van der Waals surface area (Å²) in [6, 6.07) is 15.9. The molecular weight excluding hydrogens is 266 g/mol. The SMILES string of the molecule is CC/C(=N/Nc1cc(-c2ccccc2)ccc1C)[N+](=O)[O-]. The van der Waals surface area contributed by atoms with E-state index in [0.717, 1.165) is 22.4 Å². The zero-order chi connectivity index (χ0) is 15.2. The molecule has 0 spiro atoms. The Labute approximate surface area is 123 Å². The number of rotatable bonds is 4. The number of nitro groups is 1. The molecule has 21 heavy (non-hydrogen) atoms. The lowest BCUT2D eigenvalue weighted by Gasteiger charge is -2.06. The van der Waals surface area contributed by atoms with Gasteiger partial charge in [-0.15, -0.1) is 0 Å². The van der Waals surface area contributed by atoms with Gasteiger partial charge in [-0.1, -0.05) is 49.4 Å². The number of anilines is 1. The van der Waals surface area contributed by atoms with Gasteiger partial charge < -0.3 is 10.1 Å². The summed E-state index contributed by atoms with van der Waals surface area (Å²) in [5.41, 5.74) is 6.69. The molecule has 2 aromatic carbocycles. The van der Waals surface area contributed by atoms with Crippen molar-refractivity contribution in [3.63, 3.8) is 0 Å². The Hall–Kier alpha value is -2.69. The Balaban J connectivity index is 2.30. The van der Waals surface area contributed by atoms with E-state index in [-0.39, 0.29) is 12.3 Å². The maximum atomic E-state index is 10.8. The lowest BCUT2D eigenvalue weighted by molar-refractivity contribution is -0.353. The number of hydrogen-bond donors (Lipinski definition) is 1. The van der Waals surface area contributed by atoms with E-state index < -0.39 is 4.92 Å². The van der Waals surface area contributed by atoms with Gasteiger partial charge in [0.25, 0.3) is 0 Å². The van der Waals surface area contributed by atoms with Crippen LogP contribution in [0.1, 0.15) is 18.9 Å². The third-order valence-electron chi connectivity index (χ3n) is 3.18. The van der Waals surface area contributed by atoms with Crippen LogP contribution in [-0.4, -0.2) is 10.8 Å². The van der Waals surface area contributed by atoms with Crippen molar-refractivity contribution in [1.29, 1.82) is 0 Å². The predicted octanol–water partition coefficient (Wildman–Crippen LogP) is 4.07. The fourth-order valence-corrected chi connectivity index (χ4v) is 1.93. The molecule has 0 bridgehead atoms. The number of aryl methyl sites for hydroxylation is 1. The van der Waals surface area contributed by atoms with Gasteiger partial charge in [0.2, 0.25) is 0 Å². The van der Waals surface area contributed by atoms with Crippen molar-refractivity contribution in [2.45, 2.75) is 20.3 Å². The molecule has 2 aromatic rings. The van der Waals surface area contributed by atoms with Crippen molar-refractivity contribution in [3.05, 3.63) is 64.2 Å². The molecule has 0 aliphatic rings. The summed E-state index contributed by atoms with van der Waals surface area (Å²) in [6.07, 6.45) is 0.275. The van der Waals surface area contributed by atoms with E-state index in [9.17, 15) is 10.1 Å². The average Bonchev–Trinajstić information content (AvgIpc) is 2.50. The normalized spacial score (nSPS) is 11.2. The van der Waals surface area contributed by atoms with Crippen LogP contribution in [0.3, 0.4) is 0 Å². The highest BCUT2D eigenvalue weighted by atomic mass is 16.6. The molecule has 0 radical (unpaired) electrons. The molecule has 2 rings (SSSR count). The van der Waals surface area contributed by atoms with Crippen LogP contribution in [0.25, 0.3) is 11.1 Å². The van der Waals surface area contributed by atoms with Gasteiger partial charge in [-0.2, -0.15) is 5.43 Å². The molecule has 5 nitrogen and oxygen atoms in total. The van der Waals surface area contributed by atoms with Gasteiger partial charge in [0.1, 0.15) is 0 Å². The minimum atomic E-state index is -0.469. The molecule has 0 aromatic heterocycles. The highest BCUT2D eigenvalue weighted by Gasteiger charge is 2.10. The first-order valence-corrected chi connectivity index (χ1v) is 6.75. The Bertz CT molecular complexity index is 666. The Morgan fingerprint density at radius 1 is 1.19 bits per heavy atom. The minimum absolute atomic E-state index is 0.0838. The van der Waals surface area contributed by atoms with Crippen LogP contribution in [0.4, 0.5) is 5.69 Å². The van der Waals surface area contributed by atoms with Crippen LogP contribution >= 0.6 is 0 Å². The first-order chi connectivity index (χ1) is 10.1. The topological polar surface area (TPSA) is 67.5 Å². The zero-order valence-electron chi connectivity index (χ0n) is 12.0. The van der Waals surface area contributed by atoms with Gasteiger partial charge in [0.15, 0.2) is 0 Å². The highest BCUT2D eigenvalue weighted by Crippen LogP contribution is 2.25. The molecule has 1 N–H and O–H groups in total. The van der Waals surface area contributed by atoms with E-state index >= 15 is 0 Å². The summed E-state index contributed by atoms with van der Waals surface area (Å²) in [5.74, 6) is -0.0838. The van der Waals surface area contributed by atoms with Gasteiger partial charge in [-0.25, -0.2) is 0 Å².